The first kappa shape index (κ1) is 31.3. The van der Waals surface area contributed by atoms with Crippen molar-refractivity contribution in [3.63, 3.8) is 0 Å². The van der Waals surface area contributed by atoms with Crippen molar-refractivity contribution in [2.24, 2.45) is 5.10 Å². The fraction of sp³-hybridized carbons (Fsp3) is 0.125. The van der Waals surface area contributed by atoms with E-state index >= 15 is 0 Å². The number of nitrogens with one attached hydrogen (secondary N) is 1. The molecule has 0 fully saturated rings. The summed E-state index contributed by atoms with van der Waals surface area (Å²) >= 11 is 4.34. The summed E-state index contributed by atoms with van der Waals surface area (Å²) in [5.41, 5.74) is 7.48. The molecule has 0 aliphatic carbocycles. The number of aromatic nitrogens is 1. The highest BCUT2D eigenvalue weighted by Gasteiger charge is 2.13. The SMILES string of the molecule is Cc1ccc(C)n1-c1ccc(OCc2ccc(C(=O)N/N=C/c3cc(I)c(OCc4ccc([N+](=O)[O-])cc4)c(I)c3)o2)cc1. The predicted octanol–water partition coefficient (Wildman–Crippen LogP) is 7.73. The maximum atomic E-state index is 12.6. The fourth-order valence-corrected chi connectivity index (χ4v) is 6.51. The van der Waals surface area contributed by atoms with E-state index in [0.29, 0.717) is 17.3 Å². The minimum atomic E-state index is -0.484. The van der Waals surface area contributed by atoms with Crippen LogP contribution in [0.15, 0.2) is 94.4 Å². The van der Waals surface area contributed by atoms with Gasteiger partial charge in [0.1, 0.15) is 30.5 Å². The third kappa shape index (κ3) is 7.66. The normalized spacial score (nSPS) is 11.1. The smallest absolute Gasteiger partial charge is 0.307 e. The topological polar surface area (TPSA) is 121 Å². The third-order valence-corrected chi connectivity index (χ3v) is 8.17. The van der Waals surface area contributed by atoms with Crippen LogP contribution in [-0.4, -0.2) is 21.6 Å². The number of hydrogen-bond acceptors (Lipinski definition) is 7. The second-order valence-electron chi connectivity index (χ2n) is 9.73. The number of nitrogens with zero attached hydrogens (tertiary/aromatic N) is 3. The van der Waals surface area contributed by atoms with Gasteiger partial charge in [-0.15, -0.1) is 0 Å². The molecule has 44 heavy (non-hydrogen) atoms. The van der Waals surface area contributed by atoms with Crippen LogP contribution in [0.3, 0.4) is 0 Å². The lowest BCUT2D eigenvalue weighted by Gasteiger charge is -2.11. The third-order valence-electron chi connectivity index (χ3n) is 6.56. The number of ether oxygens (including phenoxy) is 2. The van der Waals surface area contributed by atoms with Gasteiger partial charge in [0.05, 0.1) is 18.3 Å². The van der Waals surface area contributed by atoms with E-state index in [-0.39, 0.29) is 24.7 Å². The van der Waals surface area contributed by atoms with Crippen molar-refractivity contribution in [1.29, 1.82) is 0 Å². The van der Waals surface area contributed by atoms with Gasteiger partial charge in [0, 0.05) is 29.2 Å². The van der Waals surface area contributed by atoms with Gasteiger partial charge in [0.15, 0.2) is 5.76 Å². The average Bonchev–Trinajstić information content (AvgIpc) is 3.62. The number of benzene rings is 3. The number of carbonyl (C=O) groups excluding carboxylic acids is 1. The summed E-state index contributed by atoms with van der Waals surface area (Å²) in [4.78, 5) is 23.0. The number of rotatable bonds is 11. The Bertz CT molecular complexity index is 1790. The number of nitro groups is 1. The Balaban J connectivity index is 1.12. The van der Waals surface area contributed by atoms with E-state index in [1.807, 2.05) is 36.4 Å². The van der Waals surface area contributed by atoms with E-state index in [1.54, 1.807) is 24.3 Å². The first-order valence-corrected chi connectivity index (χ1v) is 15.5. The Morgan fingerprint density at radius 2 is 1.59 bits per heavy atom. The number of non-ortho nitro benzene ring substituents is 1. The molecule has 0 unspecified atom stereocenters. The second-order valence-corrected chi connectivity index (χ2v) is 12.0. The van der Waals surface area contributed by atoms with Crippen molar-refractivity contribution >= 4 is 63.0 Å². The summed E-state index contributed by atoms with van der Waals surface area (Å²) in [6.45, 7) is 4.57. The van der Waals surface area contributed by atoms with Gasteiger partial charge in [-0.25, -0.2) is 5.43 Å². The van der Waals surface area contributed by atoms with Gasteiger partial charge in [-0.3, -0.25) is 14.9 Å². The van der Waals surface area contributed by atoms with E-state index in [4.69, 9.17) is 13.9 Å². The summed E-state index contributed by atoms with van der Waals surface area (Å²) < 4.78 is 21.3. The predicted molar refractivity (Wildman–Crippen MR) is 183 cm³/mol. The molecular formula is C32H26I2N4O6. The van der Waals surface area contributed by atoms with Gasteiger partial charge in [-0.05, 0) is 143 Å². The largest absolute Gasteiger partial charge is 0.487 e. The molecule has 0 atom stereocenters. The highest BCUT2D eigenvalue weighted by Crippen LogP contribution is 2.29. The van der Waals surface area contributed by atoms with Crippen LogP contribution in [-0.2, 0) is 13.2 Å². The lowest BCUT2D eigenvalue weighted by Crippen LogP contribution is -2.16. The average molecular weight is 816 g/mol. The van der Waals surface area contributed by atoms with Crippen molar-refractivity contribution < 1.29 is 23.6 Å². The molecule has 0 radical (unpaired) electrons. The Labute approximate surface area is 280 Å². The Morgan fingerprint density at radius 3 is 2.23 bits per heavy atom. The molecule has 12 heteroatoms. The number of carbonyl (C=O) groups is 1. The Morgan fingerprint density at radius 1 is 0.932 bits per heavy atom. The van der Waals surface area contributed by atoms with E-state index in [0.717, 1.165) is 35.3 Å². The van der Waals surface area contributed by atoms with Crippen LogP contribution in [0.4, 0.5) is 5.69 Å². The van der Waals surface area contributed by atoms with Gasteiger partial charge in [-0.2, -0.15) is 5.10 Å². The number of furan rings is 1. The maximum absolute atomic E-state index is 12.6. The van der Waals surface area contributed by atoms with Crippen LogP contribution in [0.25, 0.3) is 5.69 Å². The summed E-state index contributed by atoms with van der Waals surface area (Å²) in [6.07, 6.45) is 1.54. The maximum Gasteiger partial charge on any atom is 0.307 e. The molecule has 224 valence electrons. The molecule has 0 aliphatic heterocycles. The second kappa shape index (κ2) is 14.1. The van der Waals surface area contributed by atoms with Crippen LogP contribution < -0.4 is 14.9 Å². The molecular weight excluding hydrogens is 790 g/mol. The van der Waals surface area contributed by atoms with Crippen molar-refractivity contribution in [3.8, 4) is 17.2 Å². The van der Waals surface area contributed by atoms with Crippen LogP contribution in [0.2, 0.25) is 0 Å². The van der Waals surface area contributed by atoms with E-state index < -0.39 is 10.8 Å². The van der Waals surface area contributed by atoms with E-state index in [1.165, 1.54) is 18.3 Å². The van der Waals surface area contributed by atoms with E-state index in [9.17, 15) is 14.9 Å². The Kier molecular flexibility index (Phi) is 9.99. The number of halogens is 2. The molecule has 0 saturated carbocycles. The lowest BCUT2D eigenvalue weighted by molar-refractivity contribution is -0.384. The molecule has 5 rings (SSSR count). The molecule has 1 amide bonds. The summed E-state index contributed by atoms with van der Waals surface area (Å²) in [7, 11) is 0. The van der Waals surface area contributed by atoms with Gasteiger partial charge >= 0.3 is 5.91 Å². The molecule has 0 spiro atoms. The standard InChI is InChI=1S/C32H26I2N4O6/c1-20-3-4-21(2)37(20)24-9-11-26(12-10-24)42-19-27-13-14-30(44-27)32(39)36-35-17-23-15-28(33)31(29(34)16-23)43-18-22-5-7-25(8-6-22)38(40)41/h3-17H,18-19H2,1-2H3,(H,36,39)/b35-17+. The molecule has 3 aromatic carbocycles. The summed E-state index contributed by atoms with van der Waals surface area (Å²) in [5, 5.41) is 14.9. The molecule has 2 heterocycles. The van der Waals surface area contributed by atoms with Gasteiger partial charge in [0.25, 0.3) is 5.69 Å². The molecule has 2 aromatic heterocycles. The molecule has 0 saturated heterocycles. The molecule has 0 aliphatic rings. The van der Waals surface area contributed by atoms with Gasteiger partial charge < -0.3 is 18.5 Å². The molecule has 5 aromatic rings. The van der Waals surface area contributed by atoms with Crippen molar-refractivity contribution in [3.05, 3.63) is 136 Å². The zero-order chi connectivity index (χ0) is 31.2. The summed E-state index contributed by atoms with van der Waals surface area (Å²) in [6, 6.07) is 25.2. The van der Waals surface area contributed by atoms with Gasteiger partial charge in [0.2, 0.25) is 0 Å². The van der Waals surface area contributed by atoms with Crippen molar-refractivity contribution in [2.45, 2.75) is 27.1 Å². The number of nitro benzene ring substituents is 1. The van der Waals surface area contributed by atoms with Crippen LogP contribution in [0.1, 0.15) is 38.8 Å². The molecule has 1 N–H and O–H groups in total. The van der Waals surface area contributed by atoms with Crippen LogP contribution in [0.5, 0.6) is 11.5 Å². The number of aryl methyl sites for hydroxylation is 2. The number of hydrogen-bond donors (Lipinski definition) is 1. The van der Waals surface area contributed by atoms with Crippen LogP contribution >= 0.6 is 45.2 Å². The fourth-order valence-electron chi connectivity index (χ4n) is 4.38. The minimum absolute atomic E-state index is 0.0335. The Hall–Kier alpha value is -4.18. The summed E-state index contributed by atoms with van der Waals surface area (Å²) in [5.74, 6) is 1.53. The number of amides is 1. The monoisotopic (exact) mass is 816 g/mol. The van der Waals surface area contributed by atoms with E-state index in [2.05, 4.69) is 86.3 Å². The highest BCUT2D eigenvalue weighted by molar-refractivity contribution is 14.1. The lowest BCUT2D eigenvalue weighted by atomic mass is 10.2. The first-order valence-electron chi connectivity index (χ1n) is 13.3. The number of hydrazone groups is 1. The first-order chi connectivity index (χ1) is 21.2. The van der Waals surface area contributed by atoms with Crippen molar-refractivity contribution in [1.82, 2.24) is 9.99 Å². The quantitative estimate of drug-likeness (QED) is 0.0631. The molecule has 0 bridgehead atoms. The van der Waals surface area contributed by atoms with Gasteiger partial charge in [-0.1, -0.05) is 0 Å². The molecule has 10 nitrogen and oxygen atoms in total. The highest BCUT2D eigenvalue weighted by atomic mass is 127. The zero-order valence-electron chi connectivity index (χ0n) is 23.6. The zero-order valence-corrected chi connectivity index (χ0v) is 27.9. The van der Waals surface area contributed by atoms with Crippen LogP contribution in [0, 0.1) is 31.1 Å². The van der Waals surface area contributed by atoms with Crippen molar-refractivity contribution in [2.75, 3.05) is 0 Å². The minimum Gasteiger partial charge on any atom is -0.487 e.